The molecule has 28 heavy (non-hydrogen) atoms. The summed E-state index contributed by atoms with van der Waals surface area (Å²) in [7, 11) is 0. The van der Waals surface area contributed by atoms with Gasteiger partial charge in [-0.2, -0.15) is 0 Å². The lowest BCUT2D eigenvalue weighted by Crippen LogP contribution is -2.38. The normalized spacial score (nSPS) is 14.7. The Morgan fingerprint density at radius 2 is 1.93 bits per heavy atom. The minimum Gasteiger partial charge on any atom is -0.328 e. The number of nitrogens with one attached hydrogen (secondary N) is 2. The van der Waals surface area contributed by atoms with Crippen molar-refractivity contribution in [3.05, 3.63) is 41.2 Å². The van der Waals surface area contributed by atoms with Crippen molar-refractivity contribution in [2.75, 3.05) is 31.5 Å². The van der Waals surface area contributed by atoms with E-state index in [0.29, 0.717) is 6.54 Å². The Bertz CT molecular complexity index is 821. The molecule has 8 nitrogen and oxygen atoms in total. The van der Waals surface area contributed by atoms with Gasteiger partial charge in [0, 0.05) is 12.2 Å². The molecule has 2 amide bonds. The zero-order valence-corrected chi connectivity index (χ0v) is 16.7. The Morgan fingerprint density at radius 3 is 2.57 bits per heavy atom. The smallest absolute Gasteiger partial charge is 0.276 e. The van der Waals surface area contributed by atoms with Gasteiger partial charge in [0.25, 0.3) is 5.91 Å². The summed E-state index contributed by atoms with van der Waals surface area (Å²) in [5.41, 5.74) is 3.06. The number of aryl methyl sites for hydroxylation is 2. The van der Waals surface area contributed by atoms with Gasteiger partial charge in [0.1, 0.15) is 6.54 Å². The summed E-state index contributed by atoms with van der Waals surface area (Å²) in [5.74, 6) is -0.502. The Hall–Kier alpha value is -2.74. The zero-order valence-electron chi connectivity index (χ0n) is 16.7. The minimum absolute atomic E-state index is 0.0245. The molecule has 2 aromatic rings. The van der Waals surface area contributed by atoms with Crippen LogP contribution >= 0.6 is 0 Å². The van der Waals surface area contributed by atoms with Gasteiger partial charge in [-0.15, -0.1) is 5.10 Å². The largest absolute Gasteiger partial charge is 0.328 e. The number of para-hydroxylation sites is 1. The number of carbonyl (C=O) groups excluding carboxylic acids is 2. The Labute approximate surface area is 165 Å². The molecule has 150 valence electrons. The van der Waals surface area contributed by atoms with Crippen LogP contribution < -0.4 is 10.6 Å². The summed E-state index contributed by atoms with van der Waals surface area (Å²) in [5, 5.41) is 14.4. The molecule has 0 spiro atoms. The molecule has 0 saturated carbocycles. The van der Waals surface area contributed by atoms with E-state index in [1.54, 1.807) is 10.9 Å². The van der Waals surface area contributed by atoms with Crippen molar-refractivity contribution in [1.29, 1.82) is 0 Å². The lowest BCUT2D eigenvalue weighted by atomic mass is 10.1. The highest BCUT2D eigenvalue weighted by atomic mass is 16.2. The van der Waals surface area contributed by atoms with Crippen LogP contribution in [0, 0.1) is 13.8 Å². The van der Waals surface area contributed by atoms with E-state index in [0.717, 1.165) is 42.7 Å². The molecule has 1 aliphatic rings. The first-order valence-electron chi connectivity index (χ1n) is 9.77. The molecule has 1 aromatic carbocycles. The molecule has 8 heteroatoms. The molecule has 2 N–H and O–H groups in total. The maximum atomic E-state index is 12.8. The number of amides is 2. The number of hydrogen-bond acceptors (Lipinski definition) is 5. The number of nitrogens with zero attached hydrogens (tertiary/aromatic N) is 4. The lowest BCUT2D eigenvalue weighted by Gasteiger charge is -2.22. The number of anilines is 1. The SMILES string of the molecule is CCN(CC(=O)Nc1c(C)cccc1C)C(=O)c1cn(C2CCNCC2)nn1. The molecule has 1 fully saturated rings. The van der Waals surface area contributed by atoms with Crippen molar-refractivity contribution >= 4 is 17.5 Å². The maximum Gasteiger partial charge on any atom is 0.276 e. The number of likely N-dealkylation sites (N-methyl/N-ethyl adjacent to an activating group) is 1. The summed E-state index contributed by atoms with van der Waals surface area (Å²) in [6.45, 7) is 8.01. The van der Waals surface area contributed by atoms with E-state index in [9.17, 15) is 9.59 Å². The standard InChI is InChI=1S/C20H28N6O2/c1-4-25(13-18(27)22-19-14(2)6-5-7-15(19)3)20(28)17-12-26(24-23-17)16-8-10-21-11-9-16/h5-7,12,16,21H,4,8-11,13H2,1-3H3,(H,22,27). The Kier molecular flexibility index (Phi) is 6.41. The van der Waals surface area contributed by atoms with Crippen LogP contribution in [0.25, 0.3) is 0 Å². The summed E-state index contributed by atoms with van der Waals surface area (Å²) in [4.78, 5) is 26.8. The quantitative estimate of drug-likeness (QED) is 0.794. The molecule has 0 unspecified atom stereocenters. The Balaban J connectivity index is 1.65. The highest BCUT2D eigenvalue weighted by molar-refractivity contribution is 5.98. The first-order chi connectivity index (χ1) is 13.5. The van der Waals surface area contributed by atoms with Crippen LogP contribution in [-0.4, -0.2) is 57.9 Å². The predicted octanol–water partition coefficient (Wildman–Crippen LogP) is 1.92. The Morgan fingerprint density at radius 1 is 1.25 bits per heavy atom. The minimum atomic E-state index is -0.278. The third kappa shape index (κ3) is 4.56. The van der Waals surface area contributed by atoms with Gasteiger partial charge in [0.05, 0.1) is 12.2 Å². The first kappa shape index (κ1) is 20.0. The molecule has 0 radical (unpaired) electrons. The fraction of sp³-hybridized carbons (Fsp3) is 0.500. The van der Waals surface area contributed by atoms with Crippen LogP contribution in [0.4, 0.5) is 5.69 Å². The molecule has 1 aliphatic heterocycles. The third-order valence-electron chi connectivity index (χ3n) is 5.16. The van der Waals surface area contributed by atoms with E-state index < -0.39 is 0 Å². The number of benzene rings is 1. The van der Waals surface area contributed by atoms with Crippen LogP contribution in [0.5, 0.6) is 0 Å². The molecule has 3 rings (SSSR count). The lowest BCUT2D eigenvalue weighted by molar-refractivity contribution is -0.116. The van der Waals surface area contributed by atoms with Gasteiger partial charge in [-0.3, -0.25) is 9.59 Å². The number of aromatic nitrogens is 3. The first-order valence-corrected chi connectivity index (χ1v) is 9.77. The predicted molar refractivity (Wildman–Crippen MR) is 107 cm³/mol. The monoisotopic (exact) mass is 384 g/mol. The average Bonchev–Trinajstić information content (AvgIpc) is 3.19. The molecule has 0 bridgehead atoms. The van der Waals surface area contributed by atoms with Gasteiger partial charge in [-0.1, -0.05) is 23.4 Å². The number of rotatable bonds is 6. The highest BCUT2D eigenvalue weighted by Gasteiger charge is 2.23. The highest BCUT2D eigenvalue weighted by Crippen LogP contribution is 2.20. The summed E-state index contributed by atoms with van der Waals surface area (Å²) in [6, 6.07) is 6.11. The van der Waals surface area contributed by atoms with Crippen molar-refractivity contribution in [2.24, 2.45) is 0 Å². The summed E-state index contributed by atoms with van der Waals surface area (Å²) in [6.07, 6.45) is 3.63. The second-order valence-corrected chi connectivity index (χ2v) is 7.20. The van der Waals surface area contributed by atoms with E-state index >= 15 is 0 Å². The van der Waals surface area contributed by atoms with E-state index in [-0.39, 0.29) is 30.1 Å². The van der Waals surface area contributed by atoms with Crippen LogP contribution in [0.1, 0.15) is 47.4 Å². The van der Waals surface area contributed by atoms with Gasteiger partial charge < -0.3 is 15.5 Å². The van der Waals surface area contributed by atoms with Gasteiger partial charge in [0.15, 0.2) is 5.69 Å². The molecule has 1 saturated heterocycles. The molecular weight excluding hydrogens is 356 g/mol. The van der Waals surface area contributed by atoms with Crippen molar-refractivity contribution < 1.29 is 9.59 Å². The molecule has 0 atom stereocenters. The average molecular weight is 384 g/mol. The van der Waals surface area contributed by atoms with Gasteiger partial charge in [-0.05, 0) is 57.8 Å². The number of piperidine rings is 1. The van der Waals surface area contributed by atoms with Crippen LogP contribution in [-0.2, 0) is 4.79 Å². The third-order valence-corrected chi connectivity index (χ3v) is 5.16. The molecule has 2 heterocycles. The van der Waals surface area contributed by atoms with E-state index in [1.807, 2.05) is 39.0 Å². The number of carbonyl (C=O) groups is 2. The zero-order chi connectivity index (χ0) is 20.1. The van der Waals surface area contributed by atoms with Gasteiger partial charge >= 0.3 is 0 Å². The van der Waals surface area contributed by atoms with Gasteiger partial charge in [-0.25, -0.2) is 4.68 Å². The fourth-order valence-corrected chi connectivity index (χ4v) is 3.48. The van der Waals surface area contributed by atoms with Crippen molar-refractivity contribution in [3.63, 3.8) is 0 Å². The van der Waals surface area contributed by atoms with Crippen molar-refractivity contribution in [2.45, 2.75) is 39.7 Å². The van der Waals surface area contributed by atoms with Gasteiger partial charge in [0.2, 0.25) is 5.91 Å². The van der Waals surface area contributed by atoms with Crippen molar-refractivity contribution in [1.82, 2.24) is 25.2 Å². The number of hydrogen-bond donors (Lipinski definition) is 2. The van der Waals surface area contributed by atoms with Crippen LogP contribution in [0.3, 0.4) is 0 Å². The topological polar surface area (TPSA) is 92.2 Å². The summed E-state index contributed by atoms with van der Waals surface area (Å²) < 4.78 is 1.78. The second-order valence-electron chi connectivity index (χ2n) is 7.20. The fourth-order valence-electron chi connectivity index (χ4n) is 3.48. The van der Waals surface area contributed by atoms with E-state index in [1.165, 1.54) is 4.90 Å². The van der Waals surface area contributed by atoms with Crippen LogP contribution in [0.2, 0.25) is 0 Å². The van der Waals surface area contributed by atoms with Crippen molar-refractivity contribution in [3.8, 4) is 0 Å². The summed E-state index contributed by atoms with van der Waals surface area (Å²) >= 11 is 0. The van der Waals surface area contributed by atoms with E-state index in [4.69, 9.17) is 0 Å². The van der Waals surface area contributed by atoms with Crippen LogP contribution in [0.15, 0.2) is 24.4 Å². The van der Waals surface area contributed by atoms with E-state index in [2.05, 4.69) is 20.9 Å². The molecule has 0 aliphatic carbocycles. The second kappa shape index (κ2) is 8.97. The molecule has 1 aromatic heterocycles. The molecular formula is C20H28N6O2. The maximum absolute atomic E-state index is 12.8.